The van der Waals surface area contributed by atoms with Crippen LogP contribution in [0, 0.1) is 0 Å². The summed E-state index contributed by atoms with van der Waals surface area (Å²) in [5.41, 5.74) is 0. The Hall–Kier alpha value is -0.160. The number of hydrogen-bond acceptors (Lipinski definition) is 4. The molecule has 1 aliphatic heterocycles. The van der Waals surface area contributed by atoms with Gasteiger partial charge in [0.1, 0.15) is 0 Å². The molecule has 15 heavy (non-hydrogen) atoms. The van der Waals surface area contributed by atoms with Crippen molar-refractivity contribution in [3.63, 3.8) is 0 Å². The van der Waals surface area contributed by atoms with Crippen molar-refractivity contribution in [1.82, 2.24) is 10.6 Å². The monoisotopic (exact) mass is 216 g/mol. The molecule has 0 amide bonds. The molecular formula is C11H24N2O2. The van der Waals surface area contributed by atoms with Crippen molar-refractivity contribution < 1.29 is 10.2 Å². The first-order valence-electron chi connectivity index (χ1n) is 5.98. The van der Waals surface area contributed by atoms with E-state index >= 15 is 0 Å². The fourth-order valence-corrected chi connectivity index (χ4v) is 2.04. The zero-order valence-corrected chi connectivity index (χ0v) is 9.58. The fourth-order valence-electron chi connectivity index (χ4n) is 2.04. The third-order valence-corrected chi connectivity index (χ3v) is 2.96. The molecule has 1 aliphatic rings. The quantitative estimate of drug-likeness (QED) is 0.498. The van der Waals surface area contributed by atoms with Crippen molar-refractivity contribution >= 4 is 0 Å². The molecule has 4 nitrogen and oxygen atoms in total. The molecule has 1 heterocycles. The molecule has 0 aromatic heterocycles. The van der Waals surface area contributed by atoms with Gasteiger partial charge < -0.3 is 20.8 Å². The summed E-state index contributed by atoms with van der Waals surface area (Å²) in [5, 5.41) is 24.6. The largest absolute Gasteiger partial charge is 0.394 e. The van der Waals surface area contributed by atoms with Crippen molar-refractivity contribution in [3.8, 4) is 0 Å². The maximum Gasteiger partial charge on any atom is 0.0895 e. The van der Waals surface area contributed by atoms with Gasteiger partial charge in [-0.05, 0) is 32.7 Å². The van der Waals surface area contributed by atoms with Gasteiger partial charge >= 0.3 is 0 Å². The summed E-state index contributed by atoms with van der Waals surface area (Å²) >= 11 is 0. The van der Waals surface area contributed by atoms with Crippen LogP contribution in [0.25, 0.3) is 0 Å². The first-order valence-corrected chi connectivity index (χ1v) is 5.98. The molecule has 1 saturated heterocycles. The minimum absolute atomic E-state index is 0.165. The number of rotatable bonds is 6. The van der Waals surface area contributed by atoms with Crippen LogP contribution in [-0.2, 0) is 0 Å². The summed E-state index contributed by atoms with van der Waals surface area (Å²) in [4.78, 5) is 0. The fraction of sp³-hybridized carbons (Fsp3) is 1.00. The number of hydrogen-bond donors (Lipinski definition) is 4. The second kappa shape index (κ2) is 7.17. The average molecular weight is 216 g/mol. The molecule has 1 rings (SSSR count). The van der Waals surface area contributed by atoms with Gasteiger partial charge in [0, 0.05) is 18.6 Å². The van der Waals surface area contributed by atoms with Gasteiger partial charge in [-0.1, -0.05) is 6.42 Å². The molecular weight excluding hydrogens is 192 g/mol. The Balaban J connectivity index is 2.08. The first-order chi connectivity index (χ1) is 7.22. The van der Waals surface area contributed by atoms with Crippen LogP contribution in [0.5, 0.6) is 0 Å². The molecule has 0 saturated carbocycles. The third kappa shape index (κ3) is 5.47. The van der Waals surface area contributed by atoms with Gasteiger partial charge in [0.15, 0.2) is 0 Å². The van der Waals surface area contributed by atoms with E-state index in [9.17, 15) is 5.11 Å². The van der Waals surface area contributed by atoms with Crippen molar-refractivity contribution in [2.24, 2.45) is 0 Å². The zero-order valence-electron chi connectivity index (χ0n) is 9.58. The smallest absolute Gasteiger partial charge is 0.0895 e. The van der Waals surface area contributed by atoms with E-state index in [0.29, 0.717) is 18.6 Å². The van der Waals surface area contributed by atoms with Gasteiger partial charge in [-0.15, -0.1) is 0 Å². The average Bonchev–Trinajstić information content (AvgIpc) is 2.27. The molecule has 0 aromatic rings. The molecule has 0 aromatic carbocycles. The predicted molar refractivity (Wildman–Crippen MR) is 60.8 cm³/mol. The lowest BCUT2D eigenvalue weighted by Gasteiger charge is -2.27. The molecule has 3 unspecified atom stereocenters. The summed E-state index contributed by atoms with van der Waals surface area (Å²) in [5.74, 6) is 0. The van der Waals surface area contributed by atoms with E-state index < -0.39 is 6.10 Å². The minimum Gasteiger partial charge on any atom is -0.394 e. The van der Waals surface area contributed by atoms with Crippen LogP contribution in [0.15, 0.2) is 0 Å². The Morgan fingerprint density at radius 1 is 1.47 bits per heavy atom. The maximum absolute atomic E-state index is 9.18. The van der Waals surface area contributed by atoms with E-state index in [4.69, 9.17) is 5.11 Å². The van der Waals surface area contributed by atoms with Crippen LogP contribution in [0.3, 0.4) is 0 Å². The van der Waals surface area contributed by atoms with E-state index in [0.717, 1.165) is 13.0 Å². The summed E-state index contributed by atoms with van der Waals surface area (Å²) in [6.45, 7) is 3.57. The zero-order chi connectivity index (χ0) is 11.1. The summed E-state index contributed by atoms with van der Waals surface area (Å²) in [7, 11) is 0. The molecule has 4 heteroatoms. The van der Waals surface area contributed by atoms with E-state index in [1.165, 1.54) is 19.3 Å². The van der Waals surface area contributed by atoms with Crippen molar-refractivity contribution in [2.45, 2.75) is 50.8 Å². The molecule has 3 atom stereocenters. The molecule has 90 valence electrons. The lowest BCUT2D eigenvalue weighted by Crippen LogP contribution is -2.42. The highest BCUT2D eigenvalue weighted by Gasteiger charge is 2.15. The highest BCUT2D eigenvalue weighted by atomic mass is 16.3. The SMILES string of the molecule is CC(CC1CCCCN1)NCC(O)CO. The van der Waals surface area contributed by atoms with Crippen molar-refractivity contribution in [3.05, 3.63) is 0 Å². The summed E-state index contributed by atoms with van der Waals surface area (Å²) in [6.07, 6.45) is 4.34. The van der Waals surface area contributed by atoms with Gasteiger partial charge in [0.25, 0.3) is 0 Å². The normalized spacial score (nSPS) is 26.2. The number of piperidine rings is 1. The van der Waals surface area contributed by atoms with Crippen LogP contribution >= 0.6 is 0 Å². The standard InChI is InChI=1S/C11H24N2O2/c1-9(13-7-11(15)8-14)6-10-4-2-3-5-12-10/h9-15H,2-8H2,1H3. The van der Waals surface area contributed by atoms with Crippen molar-refractivity contribution in [2.75, 3.05) is 19.7 Å². The van der Waals surface area contributed by atoms with E-state index in [1.807, 2.05) is 0 Å². The van der Waals surface area contributed by atoms with E-state index in [2.05, 4.69) is 17.6 Å². The van der Waals surface area contributed by atoms with Gasteiger partial charge in [-0.25, -0.2) is 0 Å². The Kier molecular flexibility index (Phi) is 6.17. The Labute approximate surface area is 92.1 Å². The van der Waals surface area contributed by atoms with Crippen molar-refractivity contribution in [1.29, 1.82) is 0 Å². The molecule has 0 bridgehead atoms. The topological polar surface area (TPSA) is 64.5 Å². The second-order valence-corrected chi connectivity index (χ2v) is 4.53. The van der Waals surface area contributed by atoms with Crippen LogP contribution in [-0.4, -0.2) is 48.1 Å². The Morgan fingerprint density at radius 3 is 2.87 bits per heavy atom. The van der Waals surface area contributed by atoms with Gasteiger partial charge in [0.05, 0.1) is 12.7 Å². The summed E-state index contributed by atoms with van der Waals surface area (Å²) < 4.78 is 0. The lowest BCUT2D eigenvalue weighted by atomic mass is 9.99. The molecule has 0 radical (unpaired) electrons. The van der Waals surface area contributed by atoms with Gasteiger partial charge in [-0.2, -0.15) is 0 Å². The Morgan fingerprint density at radius 2 is 2.27 bits per heavy atom. The van der Waals surface area contributed by atoms with Crippen LogP contribution in [0.2, 0.25) is 0 Å². The number of nitrogens with one attached hydrogen (secondary N) is 2. The maximum atomic E-state index is 9.18. The lowest BCUT2D eigenvalue weighted by molar-refractivity contribution is 0.0916. The third-order valence-electron chi connectivity index (χ3n) is 2.96. The second-order valence-electron chi connectivity index (χ2n) is 4.53. The van der Waals surface area contributed by atoms with E-state index in [-0.39, 0.29) is 6.61 Å². The van der Waals surface area contributed by atoms with Gasteiger partial charge in [-0.3, -0.25) is 0 Å². The summed E-state index contributed by atoms with van der Waals surface area (Å²) in [6, 6.07) is 1.01. The Bertz CT molecular complexity index is 161. The molecule has 0 aliphatic carbocycles. The van der Waals surface area contributed by atoms with Gasteiger partial charge in [0.2, 0.25) is 0 Å². The van der Waals surface area contributed by atoms with E-state index in [1.54, 1.807) is 0 Å². The minimum atomic E-state index is -0.633. The number of aliphatic hydroxyl groups is 2. The van der Waals surface area contributed by atoms with Crippen LogP contribution in [0.4, 0.5) is 0 Å². The van der Waals surface area contributed by atoms with Crippen LogP contribution in [0.1, 0.15) is 32.6 Å². The molecule has 0 spiro atoms. The highest BCUT2D eigenvalue weighted by Crippen LogP contribution is 2.11. The highest BCUT2D eigenvalue weighted by molar-refractivity contribution is 4.77. The molecule has 4 N–H and O–H groups in total. The molecule has 1 fully saturated rings. The first kappa shape index (κ1) is 12.9. The predicted octanol–water partition coefficient (Wildman–Crippen LogP) is -0.150. The number of aliphatic hydroxyl groups excluding tert-OH is 2. The van der Waals surface area contributed by atoms with Crippen LogP contribution < -0.4 is 10.6 Å².